The number of ether oxygens (including phenoxy) is 3. The summed E-state index contributed by atoms with van der Waals surface area (Å²) in [5.41, 5.74) is 2.45. The van der Waals surface area contributed by atoms with Crippen molar-refractivity contribution in [1.82, 2.24) is 54.2 Å². The third kappa shape index (κ3) is 16.2. The average Bonchev–Trinajstić information content (AvgIpc) is 1.66. The van der Waals surface area contributed by atoms with Crippen LogP contribution < -0.4 is 26.6 Å². The van der Waals surface area contributed by atoms with E-state index in [2.05, 4.69) is 56.5 Å². The van der Waals surface area contributed by atoms with Crippen LogP contribution in [-0.4, -0.2) is 130 Å². The van der Waals surface area contributed by atoms with Gasteiger partial charge < -0.3 is 62.0 Å². The summed E-state index contributed by atoms with van der Waals surface area (Å²) < 4.78 is 152. The molecule has 6 aromatic heterocycles. The number of amides is 2. The normalized spacial score (nSPS) is 11.8. The van der Waals surface area contributed by atoms with Crippen molar-refractivity contribution in [3.63, 3.8) is 0 Å². The molecule has 0 saturated carbocycles. The molecule has 2 amide bonds. The molecule has 0 aliphatic carbocycles. The highest BCUT2D eigenvalue weighted by atomic mass is 19.4. The van der Waals surface area contributed by atoms with Gasteiger partial charge in [-0.3, -0.25) is 25.5 Å². The molecule has 0 bridgehead atoms. The first-order valence-corrected chi connectivity index (χ1v) is 28.5. The Morgan fingerprint density at radius 3 is 1.12 bits per heavy atom. The number of hydrogen-bond acceptors (Lipinski definition) is 20. The van der Waals surface area contributed by atoms with Crippen molar-refractivity contribution in [3.05, 3.63) is 143 Å². The number of carbonyl (C=O) groups is 5. The van der Waals surface area contributed by atoms with E-state index in [0.29, 0.717) is 62.1 Å². The molecule has 27 nitrogen and oxygen atoms in total. The van der Waals surface area contributed by atoms with Crippen LogP contribution >= 0.6 is 0 Å². The number of imidazole rings is 3. The maximum absolute atomic E-state index is 12.9. The number of carboxylic acids is 2. The number of aryl methyl sites for hydroxylation is 3. The van der Waals surface area contributed by atoms with Crippen LogP contribution in [-0.2, 0) is 63.5 Å². The van der Waals surface area contributed by atoms with Crippen LogP contribution in [0, 0.1) is 0 Å². The van der Waals surface area contributed by atoms with Gasteiger partial charge in [-0.05, 0) is 116 Å². The predicted molar refractivity (Wildman–Crippen MR) is 327 cm³/mol. The first-order valence-electron chi connectivity index (χ1n) is 28.5. The molecule has 0 unspecified atom stereocenters. The molecule has 0 saturated heterocycles. The minimum absolute atomic E-state index is 0.0146. The van der Waals surface area contributed by atoms with Crippen LogP contribution in [0.25, 0.3) is 66.4 Å². The number of oxazole rings is 3. The molecule has 7 N–H and O–H groups in total. The molecule has 506 valence electrons. The number of esters is 1. The molecule has 97 heavy (non-hydrogen) atoms. The zero-order valence-corrected chi connectivity index (χ0v) is 50.7. The van der Waals surface area contributed by atoms with E-state index in [1.54, 1.807) is 84.2 Å². The number of anilines is 6. The lowest BCUT2D eigenvalue weighted by Crippen LogP contribution is -2.28. The van der Waals surface area contributed by atoms with Crippen LogP contribution in [0.5, 0.6) is 0 Å². The zero-order chi connectivity index (χ0) is 69.7. The van der Waals surface area contributed by atoms with Crippen molar-refractivity contribution in [2.75, 3.05) is 62.1 Å². The summed E-state index contributed by atoms with van der Waals surface area (Å²) in [6.45, 7) is 1.83. The van der Waals surface area contributed by atoms with Crippen LogP contribution in [0.2, 0.25) is 0 Å². The summed E-state index contributed by atoms with van der Waals surface area (Å²) in [5.74, 6) is -2.46. The standard InChI is InChI=1S/C23H22F3N5O5.C21H18F3N5O5.C17H11F3N4O3/c1-3-35-19(32)12-34-9-8-27-20(33)13-4-7-17-16(10-13)28-21(31(17)2)30-22-29-15-6-5-14(23(24,25)26)11-18(15)36-22;1-29-15-5-2-11(18(32)25-6-7-33-10-17(30)31)8-14(15)26-19(29)28-20-27-13-4-3-12(21(22,23)24)9-16(13)34-20;1-24-12-5-2-8(14(25)26)6-11(12)21-15(24)23-16-22-10-4-3-9(17(18,19)20)7-13(10)27-16/h4-7,10-11H,3,8-9,12H2,1-2H3,(H,27,33)(H,28,29,30);2-5,8-9H,6-7,10H2,1H3,(H,25,32)(H,30,31)(H,26,27,28);2-7H,1H3,(H,25,26)(H,21,22,23). The number of halogens is 9. The van der Waals surface area contributed by atoms with Crippen LogP contribution in [0.1, 0.15) is 54.7 Å². The number of aliphatic carboxylic acids is 1. The van der Waals surface area contributed by atoms with Crippen LogP contribution in [0.4, 0.5) is 75.4 Å². The molecule has 36 heteroatoms. The van der Waals surface area contributed by atoms with E-state index in [0.717, 1.165) is 36.4 Å². The third-order valence-corrected chi connectivity index (χ3v) is 14.0. The fourth-order valence-corrected chi connectivity index (χ4v) is 9.30. The van der Waals surface area contributed by atoms with Gasteiger partial charge in [-0.1, -0.05) is 0 Å². The number of benzene rings is 6. The van der Waals surface area contributed by atoms with E-state index < -0.39 is 59.7 Å². The predicted octanol–water partition coefficient (Wildman–Crippen LogP) is 11.3. The van der Waals surface area contributed by atoms with Gasteiger partial charge in [0.1, 0.15) is 29.8 Å². The minimum Gasteiger partial charge on any atom is -0.480 e. The highest BCUT2D eigenvalue weighted by Crippen LogP contribution is 2.36. The zero-order valence-electron chi connectivity index (χ0n) is 50.7. The number of aromatic nitrogens is 9. The van der Waals surface area contributed by atoms with Gasteiger partial charge in [-0.15, -0.1) is 0 Å². The van der Waals surface area contributed by atoms with Crippen molar-refractivity contribution in [2.24, 2.45) is 21.1 Å². The molecule has 0 aliphatic heterocycles. The fraction of sp³-hybridized carbons (Fsp3) is 0.230. The van der Waals surface area contributed by atoms with Gasteiger partial charge in [0.2, 0.25) is 17.8 Å². The lowest BCUT2D eigenvalue weighted by Gasteiger charge is -2.06. The Morgan fingerprint density at radius 2 is 0.794 bits per heavy atom. The Hall–Kier alpha value is -11.8. The summed E-state index contributed by atoms with van der Waals surface area (Å²) >= 11 is 0. The van der Waals surface area contributed by atoms with Crippen molar-refractivity contribution < 1.29 is 101 Å². The number of alkyl halides is 9. The number of rotatable bonds is 20. The number of nitrogens with one attached hydrogen (secondary N) is 5. The maximum atomic E-state index is 12.9. The Kier molecular flexibility index (Phi) is 19.7. The number of carbonyl (C=O) groups excluding carboxylic acids is 3. The summed E-state index contributed by atoms with van der Waals surface area (Å²) in [5, 5.41) is 31.4. The average molecular weight is 1360 g/mol. The Balaban J connectivity index is 0.000000160. The molecule has 12 rings (SSSR count). The molecule has 0 aliphatic rings. The summed E-state index contributed by atoms with van der Waals surface area (Å²) in [6.07, 6.45) is -13.5. The van der Waals surface area contributed by atoms with Crippen molar-refractivity contribution >= 4 is 132 Å². The van der Waals surface area contributed by atoms with Crippen LogP contribution in [0.15, 0.2) is 122 Å². The molecule has 0 atom stereocenters. The van der Waals surface area contributed by atoms with Gasteiger partial charge in [-0.25, -0.2) is 29.3 Å². The fourth-order valence-electron chi connectivity index (χ4n) is 9.30. The molecule has 6 heterocycles. The van der Waals surface area contributed by atoms with E-state index in [-0.39, 0.29) is 108 Å². The van der Waals surface area contributed by atoms with Gasteiger partial charge in [0, 0.05) is 45.4 Å². The second-order valence-electron chi connectivity index (χ2n) is 20.7. The minimum atomic E-state index is -4.50. The quantitative estimate of drug-likeness (QED) is 0.0212. The number of carboxylic acid groups (broad SMARTS) is 2. The molecular formula is C61H51F9N14O13. The van der Waals surface area contributed by atoms with E-state index in [1.165, 1.54) is 30.3 Å². The lowest BCUT2D eigenvalue weighted by atomic mass is 10.2. The van der Waals surface area contributed by atoms with Crippen molar-refractivity contribution in [3.8, 4) is 0 Å². The molecule has 0 radical (unpaired) electrons. The van der Waals surface area contributed by atoms with E-state index in [9.17, 15) is 63.5 Å². The summed E-state index contributed by atoms with van der Waals surface area (Å²) in [4.78, 5) is 83.0. The number of aromatic carboxylic acids is 1. The second kappa shape index (κ2) is 28.0. The largest absolute Gasteiger partial charge is 0.480 e. The summed E-state index contributed by atoms with van der Waals surface area (Å²) in [7, 11) is 5.13. The van der Waals surface area contributed by atoms with Crippen molar-refractivity contribution in [1.29, 1.82) is 0 Å². The topological polar surface area (TPSA) is 345 Å². The van der Waals surface area contributed by atoms with E-state index >= 15 is 0 Å². The molecular weight excluding hydrogens is 1310 g/mol. The molecule has 0 spiro atoms. The monoisotopic (exact) mass is 1360 g/mol. The second-order valence-corrected chi connectivity index (χ2v) is 20.7. The SMILES string of the molecule is CCOC(=O)COCCNC(=O)c1ccc2c(c1)nc(Nc1nc3ccc(C(F)(F)F)cc3o1)n2C.Cn1c(Nc2nc3ccc(C(F)(F)F)cc3o2)nc2cc(C(=O)NCCOCC(=O)O)ccc21.Cn1c(Nc2nc3ccc(C(F)(F)F)cc3o2)nc2cc(C(=O)O)ccc21. The first-order chi connectivity index (χ1) is 46.0. The highest BCUT2D eigenvalue weighted by molar-refractivity contribution is 5.99. The third-order valence-electron chi connectivity index (χ3n) is 14.0. The molecule has 0 fully saturated rings. The maximum Gasteiger partial charge on any atom is 0.416 e. The van der Waals surface area contributed by atoms with Gasteiger partial charge in [0.15, 0.2) is 16.7 Å². The molecule has 6 aromatic carbocycles. The van der Waals surface area contributed by atoms with E-state index in [1.807, 2.05) is 0 Å². The van der Waals surface area contributed by atoms with Gasteiger partial charge >= 0.3 is 54.5 Å². The Labute approximate surface area is 537 Å². The van der Waals surface area contributed by atoms with Gasteiger partial charge in [0.25, 0.3) is 11.8 Å². The Morgan fingerprint density at radius 1 is 0.454 bits per heavy atom. The smallest absolute Gasteiger partial charge is 0.416 e. The van der Waals surface area contributed by atoms with Gasteiger partial charge in [0.05, 0.1) is 75.2 Å². The van der Waals surface area contributed by atoms with Crippen LogP contribution in [0.3, 0.4) is 0 Å². The van der Waals surface area contributed by atoms with Crippen molar-refractivity contribution in [2.45, 2.75) is 25.5 Å². The highest BCUT2D eigenvalue weighted by Gasteiger charge is 2.33. The number of nitrogens with zero attached hydrogens (tertiary/aromatic N) is 9. The Bertz CT molecular complexity index is 4950. The molecule has 12 aromatic rings. The first kappa shape index (κ1) is 68.1. The van der Waals surface area contributed by atoms with E-state index in [4.69, 9.17) is 37.7 Å². The van der Waals surface area contributed by atoms with Gasteiger partial charge in [-0.2, -0.15) is 54.5 Å². The lowest BCUT2D eigenvalue weighted by molar-refractivity contribution is -0.148. The summed E-state index contributed by atoms with van der Waals surface area (Å²) in [6, 6.07) is 23.3. The number of hydrogen-bond donors (Lipinski definition) is 7. The number of fused-ring (bicyclic) bond motifs is 6.